The molecule has 2 aliphatic rings. The van der Waals surface area contributed by atoms with Crippen molar-refractivity contribution in [2.75, 3.05) is 32.8 Å². The second kappa shape index (κ2) is 12.9. The number of fused-ring (bicyclic) bond motifs is 1. The molecule has 2 aliphatic heterocycles. The Morgan fingerprint density at radius 3 is 2.07 bits per heavy atom. The number of amides is 2. The fourth-order valence-corrected chi connectivity index (χ4v) is 6.85. The van der Waals surface area contributed by atoms with E-state index in [1.54, 1.807) is 6.07 Å². The first-order valence-corrected chi connectivity index (χ1v) is 15.3. The number of primary amides is 1. The zero-order valence-corrected chi connectivity index (χ0v) is 24.8. The first-order chi connectivity index (χ1) is 21.5. The van der Waals surface area contributed by atoms with Crippen molar-refractivity contribution in [3.8, 4) is 5.75 Å². The molecule has 4 aromatic carbocycles. The Morgan fingerprint density at radius 2 is 1.45 bits per heavy atom. The first kappa shape index (κ1) is 29.3. The Balaban J connectivity index is 1.01. The maximum Gasteiger partial charge on any atom is 0.260 e. The van der Waals surface area contributed by atoms with E-state index in [1.165, 1.54) is 10.5 Å². The van der Waals surface area contributed by atoms with Gasteiger partial charge in [0.15, 0.2) is 0 Å². The average Bonchev–Trinajstić information content (AvgIpc) is 3.63. The summed E-state index contributed by atoms with van der Waals surface area (Å²) >= 11 is 0. The number of nitrogens with zero attached hydrogens (tertiary/aromatic N) is 2. The Morgan fingerprint density at radius 1 is 0.841 bits per heavy atom. The Kier molecular flexibility index (Phi) is 8.57. The summed E-state index contributed by atoms with van der Waals surface area (Å²) in [5.74, 6) is 0.722. The summed E-state index contributed by atoms with van der Waals surface area (Å²) in [7, 11) is 0. The van der Waals surface area contributed by atoms with E-state index in [4.69, 9.17) is 15.9 Å². The third-order valence-electron chi connectivity index (χ3n) is 9.09. The number of hydrogen-bond acceptors (Lipinski definition) is 5. The molecule has 0 radical (unpaired) electrons. The van der Waals surface area contributed by atoms with Crippen LogP contribution in [0, 0.1) is 11.3 Å². The quantitative estimate of drug-likeness (QED) is 0.221. The minimum Gasteiger partial charge on any atom is -0.494 e. The van der Waals surface area contributed by atoms with Crippen molar-refractivity contribution in [3.63, 3.8) is 0 Å². The number of benzene rings is 4. The molecule has 1 unspecified atom stereocenters. The van der Waals surface area contributed by atoms with Gasteiger partial charge in [-0.05, 0) is 66.6 Å². The van der Waals surface area contributed by atoms with Gasteiger partial charge in [0.05, 0.1) is 12.2 Å². The normalized spacial score (nSPS) is 16.7. The minimum absolute atomic E-state index is 0.0781. The topological polar surface area (TPSA) is 99.7 Å². The second-order valence-corrected chi connectivity index (χ2v) is 11.6. The zero-order valence-electron chi connectivity index (χ0n) is 24.8. The van der Waals surface area contributed by atoms with Crippen LogP contribution in [0.25, 0.3) is 0 Å². The van der Waals surface area contributed by atoms with Crippen LogP contribution in [0.2, 0.25) is 0 Å². The van der Waals surface area contributed by atoms with Gasteiger partial charge in [0.2, 0.25) is 5.91 Å². The molecule has 7 nitrogen and oxygen atoms in total. The zero-order chi connectivity index (χ0) is 30.5. The van der Waals surface area contributed by atoms with Crippen LogP contribution in [0.15, 0.2) is 109 Å². The number of amidine groups is 1. The number of likely N-dealkylation sites (tertiary alicyclic amines) is 1. The van der Waals surface area contributed by atoms with E-state index in [9.17, 15) is 9.59 Å². The number of carbonyl (C=O) groups excluding carboxylic acids is 2. The number of carbonyl (C=O) groups is 2. The van der Waals surface area contributed by atoms with E-state index in [1.807, 2.05) is 91.0 Å². The van der Waals surface area contributed by atoms with E-state index in [0.717, 1.165) is 49.4 Å². The van der Waals surface area contributed by atoms with Crippen LogP contribution >= 0.6 is 0 Å². The molecule has 6 rings (SSSR count). The summed E-state index contributed by atoms with van der Waals surface area (Å²) in [6, 6.07) is 35.4. The fourth-order valence-electron chi connectivity index (χ4n) is 6.85. The van der Waals surface area contributed by atoms with Crippen LogP contribution in [0.1, 0.15) is 45.5 Å². The highest BCUT2D eigenvalue weighted by molar-refractivity contribution is 6.22. The molecule has 2 heterocycles. The van der Waals surface area contributed by atoms with Crippen molar-refractivity contribution >= 4 is 17.6 Å². The van der Waals surface area contributed by atoms with Crippen molar-refractivity contribution in [2.45, 2.75) is 24.7 Å². The maximum absolute atomic E-state index is 13.3. The molecule has 224 valence electrons. The standard InChI is InChI=1S/C37H38N4O3/c38-34-32-14-7-8-15-33(32)35(42)41(34)22-9-25-44-31-18-16-27(17-19-31)20-23-40-24-21-30(26-40)37(36(39)43,28-10-3-1-4-11-28)29-12-5-2-6-13-29/h1-8,10-19,30,38H,9,20-26H2,(H2,39,43). The van der Waals surface area contributed by atoms with Crippen LogP contribution in [0.5, 0.6) is 5.75 Å². The van der Waals surface area contributed by atoms with Gasteiger partial charge < -0.3 is 15.4 Å². The molecule has 1 saturated heterocycles. The molecular weight excluding hydrogens is 548 g/mol. The molecule has 0 bridgehead atoms. The lowest BCUT2D eigenvalue weighted by molar-refractivity contribution is -0.123. The minimum atomic E-state index is -0.872. The molecule has 7 heteroatoms. The molecule has 1 atom stereocenters. The maximum atomic E-state index is 13.3. The van der Waals surface area contributed by atoms with Crippen molar-refractivity contribution in [3.05, 3.63) is 137 Å². The predicted molar refractivity (Wildman–Crippen MR) is 172 cm³/mol. The summed E-state index contributed by atoms with van der Waals surface area (Å²) < 4.78 is 5.94. The molecule has 3 N–H and O–H groups in total. The number of nitrogens with one attached hydrogen (secondary N) is 1. The van der Waals surface area contributed by atoms with E-state index in [0.29, 0.717) is 30.7 Å². The van der Waals surface area contributed by atoms with Crippen LogP contribution < -0.4 is 10.5 Å². The van der Waals surface area contributed by atoms with Gasteiger partial charge in [-0.2, -0.15) is 0 Å². The highest BCUT2D eigenvalue weighted by atomic mass is 16.5. The number of hydrogen-bond donors (Lipinski definition) is 2. The summed E-state index contributed by atoms with van der Waals surface area (Å²) in [5.41, 5.74) is 9.80. The average molecular weight is 587 g/mol. The van der Waals surface area contributed by atoms with Gasteiger partial charge in [0, 0.05) is 25.2 Å². The lowest BCUT2D eigenvalue weighted by Crippen LogP contribution is -2.49. The van der Waals surface area contributed by atoms with Crippen molar-refractivity contribution < 1.29 is 14.3 Å². The second-order valence-electron chi connectivity index (χ2n) is 11.6. The number of rotatable bonds is 12. The van der Waals surface area contributed by atoms with Gasteiger partial charge in [0.1, 0.15) is 17.0 Å². The van der Waals surface area contributed by atoms with Crippen molar-refractivity contribution in [1.29, 1.82) is 5.41 Å². The van der Waals surface area contributed by atoms with Crippen LogP contribution in [0.3, 0.4) is 0 Å². The summed E-state index contributed by atoms with van der Waals surface area (Å²) in [5, 5.41) is 8.32. The van der Waals surface area contributed by atoms with Crippen molar-refractivity contribution in [1.82, 2.24) is 9.80 Å². The molecule has 1 fully saturated rings. The summed E-state index contributed by atoms with van der Waals surface area (Å²) in [6.07, 6.45) is 2.43. The Labute approximate surface area is 258 Å². The molecule has 0 spiro atoms. The highest BCUT2D eigenvalue weighted by Gasteiger charge is 2.49. The van der Waals surface area contributed by atoms with Crippen molar-refractivity contribution in [2.24, 2.45) is 11.7 Å². The Bertz CT molecular complexity index is 1550. The van der Waals surface area contributed by atoms with Crippen LogP contribution in [-0.2, 0) is 16.6 Å². The monoisotopic (exact) mass is 586 g/mol. The number of nitrogens with two attached hydrogens (primary N) is 1. The molecule has 4 aromatic rings. The Hall–Kier alpha value is -4.75. The molecule has 0 aromatic heterocycles. The van der Waals surface area contributed by atoms with E-state index in [-0.39, 0.29) is 23.6 Å². The summed E-state index contributed by atoms with van der Waals surface area (Å²) in [6.45, 7) is 3.53. The smallest absolute Gasteiger partial charge is 0.260 e. The fraction of sp³-hybridized carbons (Fsp3) is 0.270. The van der Waals surface area contributed by atoms with E-state index in [2.05, 4.69) is 17.0 Å². The van der Waals surface area contributed by atoms with Gasteiger partial charge in [0.25, 0.3) is 5.91 Å². The van der Waals surface area contributed by atoms with Gasteiger partial charge in [-0.3, -0.25) is 19.9 Å². The van der Waals surface area contributed by atoms with Gasteiger partial charge in [-0.15, -0.1) is 0 Å². The highest BCUT2D eigenvalue weighted by Crippen LogP contribution is 2.43. The van der Waals surface area contributed by atoms with Crippen LogP contribution in [-0.4, -0.2) is 60.2 Å². The lowest BCUT2D eigenvalue weighted by Gasteiger charge is -2.37. The van der Waals surface area contributed by atoms with Gasteiger partial charge in [-0.1, -0.05) is 91.0 Å². The summed E-state index contributed by atoms with van der Waals surface area (Å²) in [4.78, 5) is 29.9. The molecule has 0 saturated carbocycles. The molecule has 0 aliphatic carbocycles. The SMILES string of the molecule is N=C1c2ccccc2C(=O)N1CCCOc1ccc(CCN2CCC(C(C(N)=O)(c3ccccc3)c3ccccc3)C2)cc1. The largest absolute Gasteiger partial charge is 0.494 e. The predicted octanol–water partition coefficient (Wildman–Crippen LogP) is 5.27. The lowest BCUT2D eigenvalue weighted by atomic mass is 9.64. The van der Waals surface area contributed by atoms with E-state index >= 15 is 0 Å². The third-order valence-corrected chi connectivity index (χ3v) is 9.09. The van der Waals surface area contributed by atoms with Gasteiger partial charge >= 0.3 is 0 Å². The molecule has 44 heavy (non-hydrogen) atoms. The molecule has 2 amide bonds. The third kappa shape index (κ3) is 5.63. The van der Waals surface area contributed by atoms with Gasteiger partial charge in [-0.25, -0.2) is 0 Å². The number of ether oxygens (including phenoxy) is 1. The van der Waals surface area contributed by atoms with E-state index < -0.39 is 5.41 Å². The first-order valence-electron chi connectivity index (χ1n) is 15.3. The molecular formula is C37H38N4O3. The van der Waals surface area contributed by atoms with Crippen LogP contribution in [0.4, 0.5) is 0 Å².